The van der Waals surface area contributed by atoms with Crippen LogP contribution in [0.1, 0.15) is 23.1 Å². The zero-order chi connectivity index (χ0) is 16.7. The van der Waals surface area contributed by atoms with E-state index in [-0.39, 0.29) is 0 Å². The molecule has 0 spiro atoms. The third kappa shape index (κ3) is 2.45. The van der Waals surface area contributed by atoms with Gasteiger partial charge >= 0.3 is 5.17 Å². The minimum atomic E-state index is -0.958. The van der Waals surface area contributed by atoms with E-state index in [1.807, 2.05) is 42.1 Å². The van der Waals surface area contributed by atoms with Crippen molar-refractivity contribution in [3.05, 3.63) is 65.2 Å². The highest BCUT2D eigenvalue weighted by Gasteiger charge is 2.53. The third-order valence-corrected chi connectivity index (χ3v) is 6.13. The monoisotopic (exact) mass is 339 g/mol. The summed E-state index contributed by atoms with van der Waals surface area (Å²) in [6, 6.07) is 16.6. The Morgan fingerprint density at radius 3 is 2.71 bits per heavy atom. The van der Waals surface area contributed by atoms with Crippen LogP contribution >= 0.6 is 11.8 Å². The van der Waals surface area contributed by atoms with Crippen LogP contribution in [0.2, 0.25) is 0 Å². The lowest BCUT2D eigenvalue weighted by molar-refractivity contribution is -0.656. The van der Waals surface area contributed by atoms with Crippen molar-refractivity contribution in [1.82, 2.24) is 0 Å². The summed E-state index contributed by atoms with van der Waals surface area (Å²) in [6.07, 6.45) is 1.10. The van der Waals surface area contributed by atoms with Crippen molar-refractivity contribution in [3.8, 4) is 0 Å². The summed E-state index contributed by atoms with van der Waals surface area (Å²) in [5, 5.41) is 12.8. The van der Waals surface area contributed by atoms with Crippen molar-refractivity contribution in [2.45, 2.75) is 26.0 Å². The zero-order valence-corrected chi connectivity index (χ0v) is 15.0. The van der Waals surface area contributed by atoms with E-state index < -0.39 is 5.72 Å². The van der Waals surface area contributed by atoms with E-state index in [9.17, 15) is 5.11 Å². The largest absolute Gasteiger partial charge is 0.346 e. The number of hydrogen-bond donors (Lipinski definition) is 1. The highest BCUT2D eigenvalue weighted by molar-refractivity contribution is 8.13. The lowest BCUT2D eigenvalue weighted by Crippen LogP contribution is -2.41. The molecule has 24 heavy (non-hydrogen) atoms. The molecule has 0 aromatic heterocycles. The number of amidine groups is 1. The molecule has 4 rings (SSSR count). The van der Waals surface area contributed by atoms with E-state index in [0.29, 0.717) is 6.54 Å². The van der Waals surface area contributed by atoms with Gasteiger partial charge in [0.25, 0.3) is 5.72 Å². The van der Waals surface area contributed by atoms with Crippen LogP contribution in [0.15, 0.2) is 48.5 Å². The maximum atomic E-state index is 11.6. The van der Waals surface area contributed by atoms with Gasteiger partial charge in [-0.2, -0.15) is 0 Å². The van der Waals surface area contributed by atoms with Crippen LogP contribution in [0.3, 0.4) is 0 Å². The summed E-state index contributed by atoms with van der Waals surface area (Å²) in [6.45, 7) is 5.74. The number of anilines is 1. The second-order valence-corrected chi connectivity index (χ2v) is 7.76. The van der Waals surface area contributed by atoms with Crippen molar-refractivity contribution in [2.24, 2.45) is 0 Å². The van der Waals surface area contributed by atoms with Crippen molar-refractivity contribution < 1.29 is 9.68 Å². The first-order valence-electron chi connectivity index (χ1n) is 8.50. The van der Waals surface area contributed by atoms with Gasteiger partial charge in [0.1, 0.15) is 5.69 Å². The normalized spacial score (nSPS) is 23.5. The molecule has 0 saturated carbocycles. The molecule has 0 saturated heterocycles. The lowest BCUT2D eigenvalue weighted by atomic mass is 10.0. The molecular formula is C20H23N2OS+. The molecule has 2 heterocycles. The summed E-state index contributed by atoms with van der Waals surface area (Å²) >= 11 is 1.86. The minimum absolute atomic E-state index is 0.573. The first-order valence-corrected chi connectivity index (χ1v) is 9.48. The molecule has 0 bridgehead atoms. The van der Waals surface area contributed by atoms with Gasteiger partial charge in [-0.25, -0.2) is 9.48 Å². The van der Waals surface area contributed by atoms with Gasteiger partial charge in [-0.05, 0) is 49.2 Å². The summed E-state index contributed by atoms with van der Waals surface area (Å²) in [4.78, 5) is 2.30. The fraction of sp³-hybridized carbons (Fsp3) is 0.350. The maximum absolute atomic E-state index is 11.6. The van der Waals surface area contributed by atoms with Gasteiger partial charge < -0.3 is 5.11 Å². The Labute approximate surface area is 147 Å². The molecule has 124 valence electrons. The molecule has 2 aromatic rings. The van der Waals surface area contributed by atoms with Crippen LogP contribution in [0.5, 0.6) is 0 Å². The van der Waals surface area contributed by atoms with Gasteiger partial charge in [0, 0.05) is 11.3 Å². The summed E-state index contributed by atoms with van der Waals surface area (Å²) in [5.74, 6) is 1.11. The van der Waals surface area contributed by atoms with Crippen LogP contribution in [0, 0.1) is 13.8 Å². The molecule has 3 nitrogen and oxygen atoms in total. The molecular weight excluding hydrogens is 316 g/mol. The Bertz CT molecular complexity index is 803. The van der Waals surface area contributed by atoms with Crippen molar-refractivity contribution in [2.75, 3.05) is 23.7 Å². The fourth-order valence-corrected chi connectivity index (χ4v) is 4.82. The molecule has 0 fully saturated rings. The summed E-state index contributed by atoms with van der Waals surface area (Å²) < 4.78 is 2.19. The quantitative estimate of drug-likeness (QED) is 0.849. The number of benzene rings is 2. The van der Waals surface area contributed by atoms with E-state index in [4.69, 9.17) is 0 Å². The number of nitrogens with zero attached hydrogens (tertiary/aromatic N) is 2. The summed E-state index contributed by atoms with van der Waals surface area (Å²) in [5.41, 5.74) is 3.71. The molecule has 0 unspecified atom stereocenters. The SMILES string of the molecule is Cc1ccc(C)c(N2C[C@](O)(c3ccccc3)[N+]3=C2SCCC3)c1. The second-order valence-electron chi connectivity index (χ2n) is 6.69. The topological polar surface area (TPSA) is 26.5 Å². The van der Waals surface area contributed by atoms with Gasteiger partial charge in [0.2, 0.25) is 0 Å². The molecule has 0 radical (unpaired) electrons. The molecule has 0 amide bonds. The molecule has 2 aromatic carbocycles. The van der Waals surface area contributed by atoms with Crippen molar-refractivity contribution >= 4 is 22.6 Å². The van der Waals surface area contributed by atoms with Crippen LogP contribution in [0.25, 0.3) is 0 Å². The van der Waals surface area contributed by atoms with Crippen LogP contribution in [0.4, 0.5) is 5.69 Å². The third-order valence-electron chi connectivity index (χ3n) is 4.94. The maximum Gasteiger partial charge on any atom is 0.316 e. The Morgan fingerprint density at radius 2 is 1.92 bits per heavy atom. The molecule has 1 N–H and O–H groups in total. The van der Waals surface area contributed by atoms with Gasteiger partial charge in [-0.3, -0.25) is 0 Å². The Hall–Kier alpha value is -1.78. The molecule has 0 aliphatic carbocycles. The number of aryl methyl sites for hydroxylation is 2. The number of hydrogen-bond acceptors (Lipinski definition) is 3. The van der Waals surface area contributed by atoms with Gasteiger partial charge in [-0.15, -0.1) is 0 Å². The number of β-amino-alcohol motifs (C(OH)–C–C–N with tert-alkyl or cyclic N) is 1. The molecule has 2 aliphatic heterocycles. The second kappa shape index (κ2) is 5.94. The van der Waals surface area contributed by atoms with Crippen molar-refractivity contribution in [3.63, 3.8) is 0 Å². The number of thioether (sulfide) groups is 1. The van der Waals surface area contributed by atoms with Gasteiger partial charge in [-0.1, -0.05) is 42.5 Å². The predicted molar refractivity (Wildman–Crippen MR) is 101 cm³/mol. The smallest absolute Gasteiger partial charge is 0.316 e. The van der Waals surface area contributed by atoms with Crippen LogP contribution < -0.4 is 4.90 Å². The van der Waals surface area contributed by atoms with Gasteiger partial charge in [0.05, 0.1) is 6.54 Å². The minimum Gasteiger partial charge on any atom is -0.346 e. The van der Waals surface area contributed by atoms with E-state index in [1.165, 1.54) is 22.0 Å². The van der Waals surface area contributed by atoms with Crippen LogP contribution in [-0.4, -0.2) is 33.7 Å². The average Bonchev–Trinajstić information content (AvgIpc) is 2.92. The molecule has 1 atom stereocenters. The first-order chi connectivity index (χ1) is 11.6. The van der Waals surface area contributed by atoms with E-state index >= 15 is 0 Å². The number of aliphatic hydroxyl groups is 1. The van der Waals surface area contributed by atoms with Crippen LogP contribution in [-0.2, 0) is 5.72 Å². The Kier molecular flexibility index (Phi) is 3.89. The Morgan fingerprint density at radius 1 is 1.12 bits per heavy atom. The van der Waals surface area contributed by atoms with Gasteiger partial charge in [0.15, 0.2) is 6.54 Å². The zero-order valence-electron chi connectivity index (χ0n) is 14.2. The Balaban J connectivity index is 1.84. The average molecular weight is 339 g/mol. The highest BCUT2D eigenvalue weighted by Crippen LogP contribution is 2.38. The standard InChI is InChI=1S/C20H23N2OS/c1-15-9-10-16(2)18(13-15)21-14-20(23,17-7-4-3-5-8-17)22-11-6-12-24-19(21)22/h3-5,7-10,13,23H,6,11-12,14H2,1-2H3/q+1/t20-/m0/s1. The summed E-state index contributed by atoms with van der Waals surface area (Å²) in [7, 11) is 0. The fourth-order valence-electron chi connectivity index (χ4n) is 3.65. The first kappa shape index (κ1) is 15.7. The predicted octanol–water partition coefficient (Wildman–Crippen LogP) is 3.47. The van der Waals surface area contributed by atoms with E-state index in [1.54, 1.807) is 0 Å². The highest BCUT2D eigenvalue weighted by atomic mass is 32.2. The number of rotatable bonds is 2. The van der Waals surface area contributed by atoms with E-state index in [2.05, 4.69) is 41.5 Å². The van der Waals surface area contributed by atoms with Crippen molar-refractivity contribution in [1.29, 1.82) is 0 Å². The molecule has 2 aliphatic rings. The lowest BCUT2D eigenvalue weighted by Gasteiger charge is -2.24. The van der Waals surface area contributed by atoms with E-state index in [0.717, 1.165) is 24.3 Å². The molecule has 4 heteroatoms.